The Bertz CT molecular complexity index is 1500. The van der Waals surface area contributed by atoms with E-state index < -0.39 is 24.2 Å². The maximum absolute atomic E-state index is 15.2. The Hall–Kier alpha value is -2.11. The minimum atomic E-state index is -0.854. The molecule has 288 valence electrons. The summed E-state index contributed by atoms with van der Waals surface area (Å²) in [6.07, 6.45) is 4.02. The van der Waals surface area contributed by atoms with Crippen LogP contribution in [0.5, 0.6) is 0 Å². The zero-order chi connectivity index (χ0) is 37.3. The number of nitrogens with zero attached hydrogens (tertiary/aromatic N) is 3. The minimum Gasteiger partial charge on any atom is -0.394 e. The van der Waals surface area contributed by atoms with Crippen molar-refractivity contribution in [1.29, 1.82) is 0 Å². The van der Waals surface area contributed by atoms with Crippen molar-refractivity contribution < 1.29 is 24.2 Å². The quantitative estimate of drug-likeness (QED) is 0.189. The van der Waals surface area contributed by atoms with Crippen LogP contribution in [0.3, 0.4) is 0 Å². The summed E-state index contributed by atoms with van der Waals surface area (Å²) in [5, 5.41) is 26.7. The average Bonchev–Trinajstić information content (AvgIpc) is 3.74. The number of aliphatic hydroxyl groups is 2. The second-order valence-electron chi connectivity index (χ2n) is 17.5. The van der Waals surface area contributed by atoms with Crippen molar-refractivity contribution in [3.05, 3.63) is 70.0 Å². The van der Waals surface area contributed by atoms with E-state index in [0.29, 0.717) is 59.3 Å². The van der Waals surface area contributed by atoms with Gasteiger partial charge in [0.05, 0.1) is 19.3 Å². The van der Waals surface area contributed by atoms with Gasteiger partial charge in [-0.1, -0.05) is 76.6 Å². The lowest BCUT2D eigenvalue weighted by Crippen LogP contribution is -2.62. The van der Waals surface area contributed by atoms with E-state index in [1.807, 2.05) is 12.1 Å². The summed E-state index contributed by atoms with van der Waals surface area (Å²) >= 11 is 6.60. The minimum absolute atomic E-state index is 0.0746. The maximum atomic E-state index is 15.2. The molecule has 3 saturated carbocycles. The van der Waals surface area contributed by atoms with E-state index in [1.54, 1.807) is 24.1 Å². The fourth-order valence-electron chi connectivity index (χ4n) is 10.1. The van der Waals surface area contributed by atoms with Crippen LogP contribution >= 0.6 is 11.6 Å². The van der Waals surface area contributed by atoms with Crippen molar-refractivity contribution in [3.8, 4) is 0 Å². The van der Waals surface area contributed by atoms with Crippen LogP contribution in [0.25, 0.3) is 0 Å². The first-order valence-corrected chi connectivity index (χ1v) is 20.1. The number of hydrogen-bond acceptors (Lipinski definition) is 7. The number of carbonyl (C=O) groups is 1. The highest BCUT2D eigenvalue weighted by Crippen LogP contribution is 2.61. The van der Waals surface area contributed by atoms with E-state index in [0.717, 1.165) is 43.6 Å². The molecule has 2 heterocycles. The number of benzene rings is 2. The van der Waals surface area contributed by atoms with Gasteiger partial charge in [-0.25, -0.2) is 4.39 Å². The van der Waals surface area contributed by atoms with Gasteiger partial charge in [-0.2, -0.15) is 5.06 Å². The Labute approximate surface area is 316 Å². The van der Waals surface area contributed by atoms with Crippen molar-refractivity contribution in [2.45, 2.75) is 124 Å². The molecule has 2 aromatic carbocycles. The molecule has 8 nitrogen and oxygen atoms in total. The zero-order valence-corrected chi connectivity index (χ0v) is 32.9. The number of fused-ring (bicyclic) bond motifs is 2. The van der Waals surface area contributed by atoms with E-state index in [2.05, 4.69) is 61.9 Å². The molecule has 0 radical (unpaired) electrons. The molecule has 10 heteroatoms. The summed E-state index contributed by atoms with van der Waals surface area (Å²) in [4.78, 5) is 25.4. The third kappa shape index (κ3) is 8.56. The molecule has 2 bridgehead atoms. The number of hydrogen-bond donors (Lipinski definition) is 3. The molecule has 2 aromatic rings. The van der Waals surface area contributed by atoms with E-state index in [4.69, 9.17) is 16.4 Å². The van der Waals surface area contributed by atoms with Gasteiger partial charge in [0.2, 0.25) is 5.91 Å². The van der Waals surface area contributed by atoms with Crippen LogP contribution in [-0.2, 0) is 29.3 Å². The highest BCUT2D eigenvalue weighted by Gasteiger charge is 2.57. The lowest BCUT2D eigenvalue weighted by atomic mass is 9.45. The van der Waals surface area contributed by atoms with Crippen molar-refractivity contribution in [2.24, 2.45) is 35.0 Å². The summed E-state index contributed by atoms with van der Waals surface area (Å²) in [5.74, 6) is 0.977. The molecular weight excluding hydrogens is 679 g/mol. The molecule has 0 unspecified atom stereocenters. The van der Waals surface area contributed by atoms with E-state index in [-0.39, 0.29) is 30.4 Å². The number of rotatable bonds is 15. The third-order valence-corrected chi connectivity index (χ3v) is 13.5. The number of halogens is 2. The molecule has 7 rings (SSSR count). The molecule has 0 spiro atoms. The number of hydroxylamine groups is 2. The molecule has 3 aliphatic carbocycles. The van der Waals surface area contributed by atoms with Crippen LogP contribution in [0.15, 0.2) is 42.5 Å². The van der Waals surface area contributed by atoms with Crippen LogP contribution in [-0.4, -0.2) is 87.6 Å². The highest BCUT2D eigenvalue weighted by atomic mass is 35.5. The standard InChI is InChI=1S/C42H62ClFN4O4/c1-26(2)17-32(23-46-15-7-8-16-46)47(24-33-35(43)13-10-14-36(33)44)21-29-11-9-12-30(18-29)22-48-40(39(28(4)50)38(25-49)52-48)41(51)45-37-20-31-19-34(27(37)3)42(31,5)6/h9-14,18,26-28,31-32,34,37-40,49-50H,7-8,15-17,19-25H2,1-6H3,(H,45,51)/t27-,28+,31+,32+,34+,37+,38+,39-,40+/m1/s1. The number of carbonyl (C=O) groups excluding carboxylic acids is 1. The van der Waals surface area contributed by atoms with Gasteiger partial charge in [-0.15, -0.1) is 0 Å². The Kier molecular flexibility index (Phi) is 12.7. The summed E-state index contributed by atoms with van der Waals surface area (Å²) in [6, 6.07) is 12.7. The predicted octanol–water partition coefficient (Wildman–Crippen LogP) is 6.65. The molecule has 5 aliphatic rings. The van der Waals surface area contributed by atoms with E-state index >= 15 is 4.39 Å². The van der Waals surface area contributed by atoms with Crippen molar-refractivity contribution in [1.82, 2.24) is 20.2 Å². The van der Waals surface area contributed by atoms with Gasteiger partial charge in [-0.3, -0.25) is 14.5 Å². The topological polar surface area (TPSA) is 88.5 Å². The molecule has 52 heavy (non-hydrogen) atoms. The van der Waals surface area contributed by atoms with Crippen molar-refractivity contribution in [2.75, 3.05) is 26.2 Å². The van der Waals surface area contributed by atoms with E-state index in [9.17, 15) is 15.0 Å². The maximum Gasteiger partial charge on any atom is 0.240 e. The first kappa shape index (κ1) is 39.6. The monoisotopic (exact) mass is 740 g/mol. The number of aliphatic hydroxyl groups excluding tert-OH is 2. The normalized spacial score (nSPS) is 30.1. The summed E-state index contributed by atoms with van der Waals surface area (Å²) in [5.41, 5.74) is 2.85. The van der Waals surface area contributed by atoms with Crippen LogP contribution in [0.2, 0.25) is 5.02 Å². The van der Waals surface area contributed by atoms with E-state index in [1.165, 1.54) is 25.3 Å². The van der Waals surface area contributed by atoms with Gasteiger partial charge in [0, 0.05) is 48.2 Å². The fourth-order valence-corrected chi connectivity index (χ4v) is 10.3. The summed E-state index contributed by atoms with van der Waals surface area (Å²) in [7, 11) is 0. The molecule has 9 atom stereocenters. The molecule has 2 aliphatic heterocycles. The van der Waals surface area contributed by atoms with Crippen molar-refractivity contribution >= 4 is 17.5 Å². The number of likely N-dealkylation sites (tertiary alicyclic amines) is 1. The number of nitrogens with one attached hydrogen (secondary N) is 1. The van der Waals surface area contributed by atoms with Crippen LogP contribution in [0, 0.1) is 40.8 Å². The van der Waals surface area contributed by atoms with Crippen LogP contribution in [0.1, 0.15) is 90.3 Å². The van der Waals surface area contributed by atoms with Gasteiger partial charge in [0.1, 0.15) is 18.0 Å². The fraction of sp³-hybridized carbons (Fsp3) is 0.690. The largest absolute Gasteiger partial charge is 0.394 e. The molecule has 0 aromatic heterocycles. The van der Waals surface area contributed by atoms with Crippen LogP contribution < -0.4 is 5.32 Å². The smallest absolute Gasteiger partial charge is 0.240 e. The second kappa shape index (κ2) is 16.7. The van der Waals surface area contributed by atoms with Crippen molar-refractivity contribution in [3.63, 3.8) is 0 Å². The predicted molar refractivity (Wildman–Crippen MR) is 204 cm³/mol. The van der Waals surface area contributed by atoms with Gasteiger partial charge in [-0.05, 0) is 104 Å². The Morgan fingerprint density at radius 3 is 2.44 bits per heavy atom. The lowest BCUT2D eigenvalue weighted by molar-refractivity contribution is -0.183. The number of amides is 1. The Balaban J connectivity index is 1.23. The SMILES string of the molecule is CC(C)C[C@@H](CN1CCCC1)N(Cc1cccc(CN2O[C@@H](CO)[C@@H]([C@H](C)O)[C@H]2C(=O)N[C@H]2C[C@@H]3C[C@@H]([C@H]2C)C3(C)C)c1)Cc1c(F)cccc1Cl. The molecule has 2 saturated heterocycles. The molecule has 5 fully saturated rings. The molecular formula is C42H62ClFN4O4. The summed E-state index contributed by atoms with van der Waals surface area (Å²) in [6.45, 7) is 17.2. The first-order valence-electron chi connectivity index (χ1n) is 19.8. The summed E-state index contributed by atoms with van der Waals surface area (Å²) < 4.78 is 15.2. The second-order valence-corrected chi connectivity index (χ2v) is 17.9. The van der Waals surface area contributed by atoms with Gasteiger partial charge in [0.25, 0.3) is 0 Å². The Morgan fingerprint density at radius 2 is 1.81 bits per heavy atom. The van der Waals surface area contributed by atoms with Gasteiger partial charge in [0.15, 0.2) is 0 Å². The average molecular weight is 741 g/mol. The first-order chi connectivity index (χ1) is 24.8. The zero-order valence-electron chi connectivity index (χ0n) is 32.1. The highest BCUT2D eigenvalue weighted by molar-refractivity contribution is 6.31. The van der Waals surface area contributed by atoms with Crippen LogP contribution in [0.4, 0.5) is 4.39 Å². The molecule has 1 amide bonds. The molecule has 3 N–H and O–H groups in total. The lowest BCUT2D eigenvalue weighted by Gasteiger charge is -2.62. The Morgan fingerprint density at radius 1 is 1.10 bits per heavy atom. The van der Waals surface area contributed by atoms with Gasteiger partial charge < -0.3 is 20.4 Å². The third-order valence-electron chi connectivity index (χ3n) is 13.1. The van der Waals surface area contributed by atoms with Gasteiger partial charge >= 0.3 is 0 Å².